The summed E-state index contributed by atoms with van der Waals surface area (Å²) < 4.78 is 41.9. The zero-order valence-electron chi connectivity index (χ0n) is 14.1. The van der Waals surface area contributed by atoms with Crippen molar-refractivity contribution in [1.82, 2.24) is 0 Å². The van der Waals surface area contributed by atoms with Crippen LogP contribution in [-0.2, 0) is 10.0 Å². The van der Waals surface area contributed by atoms with Gasteiger partial charge in [0.05, 0.1) is 10.6 Å². The summed E-state index contributed by atoms with van der Waals surface area (Å²) in [6, 6.07) is 22.3. The monoisotopic (exact) mass is 365 g/mol. The van der Waals surface area contributed by atoms with Gasteiger partial charge in [-0.25, -0.2) is 12.8 Å². The Labute approximate surface area is 151 Å². The smallest absolute Gasteiger partial charge is 0.264 e. The van der Waals surface area contributed by atoms with Crippen molar-refractivity contribution in [3.8, 4) is 0 Å². The third kappa shape index (κ3) is 2.52. The van der Waals surface area contributed by atoms with Crippen LogP contribution < -0.4 is 4.31 Å². The second-order valence-electron chi connectivity index (χ2n) is 6.06. The molecule has 5 heteroatoms. The minimum Gasteiger partial charge on any atom is -0.269 e. The Balaban J connectivity index is 1.94. The van der Waals surface area contributed by atoms with Crippen molar-refractivity contribution in [3.63, 3.8) is 0 Å². The van der Waals surface area contributed by atoms with E-state index in [4.69, 9.17) is 0 Å². The van der Waals surface area contributed by atoms with Gasteiger partial charge in [-0.1, -0.05) is 60.7 Å². The van der Waals surface area contributed by atoms with Crippen molar-refractivity contribution in [2.45, 2.75) is 4.90 Å². The highest BCUT2D eigenvalue weighted by atomic mass is 32.2. The average Bonchev–Trinajstić information content (AvgIpc) is 2.67. The summed E-state index contributed by atoms with van der Waals surface area (Å²) in [7, 11) is -2.34. The molecule has 3 nitrogen and oxygen atoms in total. The van der Waals surface area contributed by atoms with Crippen molar-refractivity contribution in [2.75, 3.05) is 11.4 Å². The van der Waals surface area contributed by atoms with Crippen LogP contribution in [0.1, 0.15) is 0 Å². The quantitative estimate of drug-likeness (QED) is 0.515. The second-order valence-corrected chi connectivity index (χ2v) is 8.00. The highest BCUT2D eigenvalue weighted by Gasteiger charge is 2.25. The number of benzene rings is 4. The maximum Gasteiger partial charge on any atom is 0.264 e. The van der Waals surface area contributed by atoms with Crippen LogP contribution in [-0.4, -0.2) is 15.5 Å². The van der Waals surface area contributed by atoms with Gasteiger partial charge in [-0.15, -0.1) is 0 Å². The van der Waals surface area contributed by atoms with Crippen molar-refractivity contribution >= 4 is 37.3 Å². The Morgan fingerprint density at radius 2 is 1.35 bits per heavy atom. The average molecular weight is 365 g/mol. The number of sulfonamides is 1. The molecule has 0 saturated heterocycles. The van der Waals surface area contributed by atoms with Gasteiger partial charge < -0.3 is 0 Å². The highest BCUT2D eigenvalue weighted by molar-refractivity contribution is 7.93. The number of anilines is 1. The van der Waals surface area contributed by atoms with Crippen LogP contribution in [0, 0.1) is 5.82 Å². The van der Waals surface area contributed by atoms with Gasteiger partial charge in [-0.3, -0.25) is 4.31 Å². The van der Waals surface area contributed by atoms with Crippen LogP contribution in [0.5, 0.6) is 0 Å². The summed E-state index contributed by atoms with van der Waals surface area (Å²) in [6.07, 6.45) is 0. The fraction of sp³-hybridized carbons (Fsp3) is 0.0476. The molecule has 0 aliphatic heterocycles. The maximum absolute atomic E-state index is 14.1. The molecule has 0 unspecified atom stereocenters. The summed E-state index contributed by atoms with van der Waals surface area (Å²) in [5.74, 6) is -0.438. The number of rotatable bonds is 3. The molecule has 0 fully saturated rings. The first-order valence-corrected chi connectivity index (χ1v) is 9.58. The van der Waals surface area contributed by atoms with E-state index in [1.54, 1.807) is 30.3 Å². The zero-order chi connectivity index (χ0) is 18.3. The van der Waals surface area contributed by atoms with Crippen molar-refractivity contribution in [2.24, 2.45) is 0 Å². The van der Waals surface area contributed by atoms with Gasteiger partial charge >= 0.3 is 0 Å². The summed E-state index contributed by atoms with van der Waals surface area (Å²) in [4.78, 5) is 0.0879. The Kier molecular flexibility index (Phi) is 3.89. The molecule has 4 aromatic carbocycles. The van der Waals surface area contributed by atoms with Gasteiger partial charge in [-0.05, 0) is 23.6 Å². The van der Waals surface area contributed by atoms with E-state index < -0.39 is 15.8 Å². The molecule has 0 radical (unpaired) electrons. The molecular formula is C21H16FNO2S. The molecule has 0 aromatic heterocycles. The van der Waals surface area contributed by atoms with E-state index in [1.165, 1.54) is 23.5 Å². The lowest BCUT2D eigenvalue weighted by Gasteiger charge is -2.22. The van der Waals surface area contributed by atoms with Crippen molar-refractivity contribution in [1.29, 1.82) is 0 Å². The third-order valence-electron chi connectivity index (χ3n) is 4.58. The van der Waals surface area contributed by atoms with Crippen LogP contribution in [0.15, 0.2) is 83.8 Å². The van der Waals surface area contributed by atoms with E-state index in [9.17, 15) is 12.8 Å². The summed E-state index contributed by atoms with van der Waals surface area (Å²) in [6.45, 7) is 0. The molecule has 130 valence electrons. The Morgan fingerprint density at radius 1 is 0.731 bits per heavy atom. The first-order valence-electron chi connectivity index (χ1n) is 8.14. The van der Waals surface area contributed by atoms with Crippen molar-refractivity contribution in [3.05, 3.63) is 84.7 Å². The maximum atomic E-state index is 14.1. The van der Waals surface area contributed by atoms with Gasteiger partial charge in [0.25, 0.3) is 10.0 Å². The Morgan fingerprint density at radius 3 is 2.12 bits per heavy atom. The number of halogens is 1. The van der Waals surface area contributed by atoms with E-state index >= 15 is 0 Å². The normalized spacial score (nSPS) is 11.8. The predicted molar refractivity (Wildman–Crippen MR) is 103 cm³/mol. The summed E-state index contributed by atoms with van der Waals surface area (Å²) in [5.41, 5.74) is 0.580. The molecule has 4 aromatic rings. The van der Waals surface area contributed by atoms with E-state index in [0.717, 1.165) is 10.8 Å². The molecule has 0 saturated carbocycles. The lowest BCUT2D eigenvalue weighted by atomic mass is 10.1. The lowest BCUT2D eigenvalue weighted by molar-refractivity contribution is 0.595. The van der Waals surface area contributed by atoms with E-state index in [0.29, 0.717) is 16.5 Å². The number of hydrogen-bond donors (Lipinski definition) is 0. The number of hydrogen-bond acceptors (Lipinski definition) is 2. The Bertz CT molecular complexity index is 1230. The lowest BCUT2D eigenvalue weighted by Crippen LogP contribution is -2.27. The second kappa shape index (κ2) is 6.11. The number of fused-ring (bicyclic) bond motifs is 2. The number of nitrogens with zero attached hydrogens (tertiary/aromatic N) is 1. The molecule has 0 atom stereocenters. The van der Waals surface area contributed by atoms with Gasteiger partial charge in [0, 0.05) is 23.2 Å². The SMILES string of the molecule is CN(c1cccc2ccccc12)S(=O)(=O)c1ccc(F)c2ccccc12. The molecular weight excluding hydrogens is 349 g/mol. The van der Waals surface area contributed by atoms with Crippen LogP contribution in [0.25, 0.3) is 21.5 Å². The van der Waals surface area contributed by atoms with Crippen LogP contribution in [0.3, 0.4) is 0 Å². The van der Waals surface area contributed by atoms with E-state index in [-0.39, 0.29) is 4.90 Å². The molecule has 0 heterocycles. The molecule has 0 amide bonds. The van der Waals surface area contributed by atoms with E-state index in [1.807, 2.05) is 36.4 Å². The van der Waals surface area contributed by atoms with Gasteiger partial charge in [0.15, 0.2) is 0 Å². The fourth-order valence-electron chi connectivity index (χ4n) is 3.22. The van der Waals surface area contributed by atoms with Crippen LogP contribution in [0.2, 0.25) is 0 Å². The van der Waals surface area contributed by atoms with Gasteiger partial charge in [-0.2, -0.15) is 0 Å². The standard InChI is InChI=1S/C21H16FNO2S/c1-23(20-12-6-8-15-7-2-3-9-16(15)20)26(24,25)21-14-13-19(22)17-10-4-5-11-18(17)21/h2-14H,1H3. The molecule has 0 aliphatic rings. The highest BCUT2D eigenvalue weighted by Crippen LogP contribution is 2.33. The zero-order valence-corrected chi connectivity index (χ0v) is 14.9. The minimum absolute atomic E-state index is 0.0879. The van der Waals surface area contributed by atoms with Crippen LogP contribution >= 0.6 is 0 Å². The largest absolute Gasteiger partial charge is 0.269 e. The molecule has 0 bridgehead atoms. The molecule has 0 aliphatic carbocycles. The van der Waals surface area contributed by atoms with Gasteiger partial charge in [0.1, 0.15) is 5.82 Å². The molecule has 0 spiro atoms. The molecule has 0 N–H and O–H groups in total. The predicted octanol–water partition coefficient (Wildman–Crippen LogP) is 4.96. The fourth-order valence-corrected chi connectivity index (χ4v) is 4.63. The topological polar surface area (TPSA) is 37.4 Å². The van der Waals surface area contributed by atoms with Crippen LogP contribution in [0.4, 0.5) is 10.1 Å². The first kappa shape index (κ1) is 16.5. The minimum atomic E-state index is -3.86. The van der Waals surface area contributed by atoms with E-state index in [2.05, 4.69) is 0 Å². The summed E-state index contributed by atoms with van der Waals surface area (Å²) >= 11 is 0. The molecule has 26 heavy (non-hydrogen) atoms. The Hall–Kier alpha value is -2.92. The first-order chi connectivity index (χ1) is 12.5. The van der Waals surface area contributed by atoms with Gasteiger partial charge in [0.2, 0.25) is 0 Å². The summed E-state index contributed by atoms with van der Waals surface area (Å²) in [5, 5.41) is 2.46. The third-order valence-corrected chi connectivity index (χ3v) is 6.40. The van der Waals surface area contributed by atoms with Crippen molar-refractivity contribution < 1.29 is 12.8 Å². The molecule has 4 rings (SSSR count).